The highest BCUT2D eigenvalue weighted by molar-refractivity contribution is 6.30. The summed E-state index contributed by atoms with van der Waals surface area (Å²) in [5, 5.41) is 0.571. The first-order chi connectivity index (χ1) is 8.06. The molecule has 0 spiro atoms. The number of hydrogen-bond donors (Lipinski definition) is 1. The van der Waals surface area contributed by atoms with Gasteiger partial charge in [0.15, 0.2) is 5.75 Å². The fourth-order valence-corrected chi connectivity index (χ4v) is 1.51. The van der Waals surface area contributed by atoms with Crippen molar-refractivity contribution in [3.05, 3.63) is 40.8 Å². The number of benzene rings is 1. The van der Waals surface area contributed by atoms with Crippen molar-refractivity contribution in [1.82, 2.24) is 9.97 Å². The summed E-state index contributed by atoms with van der Waals surface area (Å²) < 4.78 is 5.62. The number of nitrogens with two attached hydrogens (primary N) is 1. The third kappa shape index (κ3) is 2.65. The van der Waals surface area contributed by atoms with Gasteiger partial charge in [-0.3, -0.25) is 4.98 Å². The third-order valence-corrected chi connectivity index (χ3v) is 2.45. The minimum atomic E-state index is 0.457. The average molecular weight is 250 g/mol. The number of anilines is 1. The van der Waals surface area contributed by atoms with E-state index in [1.165, 1.54) is 0 Å². The van der Waals surface area contributed by atoms with Gasteiger partial charge in [0.05, 0.1) is 17.1 Å². The molecule has 5 heteroatoms. The van der Waals surface area contributed by atoms with Gasteiger partial charge in [-0.15, -0.1) is 0 Å². The van der Waals surface area contributed by atoms with Crippen LogP contribution < -0.4 is 10.5 Å². The van der Waals surface area contributed by atoms with Crippen LogP contribution in [0.2, 0.25) is 5.02 Å². The lowest BCUT2D eigenvalue weighted by Gasteiger charge is -2.09. The molecule has 0 saturated heterocycles. The maximum atomic E-state index is 5.81. The Hall–Kier alpha value is -1.81. The van der Waals surface area contributed by atoms with E-state index in [0.717, 1.165) is 5.69 Å². The van der Waals surface area contributed by atoms with E-state index < -0.39 is 0 Å². The molecule has 0 atom stereocenters. The van der Waals surface area contributed by atoms with Crippen molar-refractivity contribution in [2.45, 2.75) is 13.8 Å². The lowest BCUT2D eigenvalue weighted by atomic mass is 10.3. The summed E-state index contributed by atoms with van der Waals surface area (Å²) >= 11 is 5.81. The summed E-state index contributed by atoms with van der Waals surface area (Å²) in [6, 6.07) is 5.06. The van der Waals surface area contributed by atoms with Crippen LogP contribution in [0.1, 0.15) is 11.4 Å². The standard InChI is InChI=1S/C12H12ClN3O/c1-7-6-15-8(2)12(16-7)17-11-4-3-9(13)5-10(11)14/h3-6H,14H2,1-2H3. The molecular formula is C12H12ClN3O. The second kappa shape index (κ2) is 4.59. The number of hydrogen-bond acceptors (Lipinski definition) is 4. The summed E-state index contributed by atoms with van der Waals surface area (Å²) in [6.45, 7) is 3.68. The van der Waals surface area contributed by atoms with Crippen LogP contribution in [-0.4, -0.2) is 9.97 Å². The molecule has 0 aliphatic carbocycles. The number of aromatic nitrogens is 2. The van der Waals surface area contributed by atoms with Crippen molar-refractivity contribution >= 4 is 17.3 Å². The second-order valence-electron chi connectivity index (χ2n) is 3.69. The first kappa shape index (κ1) is 11.7. The molecule has 1 heterocycles. The predicted molar refractivity (Wildman–Crippen MR) is 67.4 cm³/mol. The van der Waals surface area contributed by atoms with Gasteiger partial charge in [-0.25, -0.2) is 4.98 Å². The van der Waals surface area contributed by atoms with Gasteiger partial charge in [-0.2, -0.15) is 0 Å². The molecular weight excluding hydrogens is 238 g/mol. The summed E-state index contributed by atoms with van der Waals surface area (Å²) in [6.07, 6.45) is 1.69. The van der Waals surface area contributed by atoms with Gasteiger partial charge < -0.3 is 10.5 Å². The Balaban J connectivity index is 2.34. The van der Waals surface area contributed by atoms with Crippen LogP contribution >= 0.6 is 11.6 Å². The Bertz CT molecular complexity index is 557. The average Bonchev–Trinajstić information content (AvgIpc) is 2.27. The summed E-state index contributed by atoms with van der Waals surface area (Å²) in [7, 11) is 0. The number of ether oxygens (including phenoxy) is 1. The molecule has 88 valence electrons. The van der Waals surface area contributed by atoms with E-state index >= 15 is 0 Å². The highest BCUT2D eigenvalue weighted by Crippen LogP contribution is 2.29. The number of rotatable bonds is 2. The number of halogens is 1. The summed E-state index contributed by atoms with van der Waals surface area (Å²) in [5.74, 6) is 0.983. The molecule has 2 aromatic rings. The zero-order valence-electron chi connectivity index (χ0n) is 9.57. The van der Waals surface area contributed by atoms with E-state index in [0.29, 0.717) is 28.0 Å². The highest BCUT2D eigenvalue weighted by Gasteiger charge is 2.07. The monoisotopic (exact) mass is 249 g/mol. The Labute approximate surface area is 104 Å². The molecule has 17 heavy (non-hydrogen) atoms. The Kier molecular flexibility index (Phi) is 3.15. The smallest absolute Gasteiger partial charge is 0.241 e. The molecule has 2 N–H and O–H groups in total. The fraction of sp³-hybridized carbons (Fsp3) is 0.167. The second-order valence-corrected chi connectivity index (χ2v) is 4.12. The molecule has 0 aliphatic heterocycles. The maximum absolute atomic E-state index is 5.81. The zero-order chi connectivity index (χ0) is 12.4. The summed E-state index contributed by atoms with van der Waals surface area (Å²) in [4.78, 5) is 8.43. The third-order valence-electron chi connectivity index (χ3n) is 2.21. The molecule has 1 aromatic heterocycles. The van der Waals surface area contributed by atoms with Crippen molar-refractivity contribution in [3.8, 4) is 11.6 Å². The number of nitrogens with zero attached hydrogens (tertiary/aromatic N) is 2. The maximum Gasteiger partial charge on any atom is 0.241 e. The minimum Gasteiger partial charge on any atom is -0.435 e. The first-order valence-electron chi connectivity index (χ1n) is 5.09. The quantitative estimate of drug-likeness (QED) is 0.831. The molecule has 0 amide bonds. The number of nitrogen functional groups attached to an aromatic ring is 1. The highest BCUT2D eigenvalue weighted by atomic mass is 35.5. The Morgan fingerprint density at radius 1 is 1.29 bits per heavy atom. The lowest BCUT2D eigenvalue weighted by Crippen LogP contribution is -1.98. The van der Waals surface area contributed by atoms with Crippen LogP contribution in [0, 0.1) is 13.8 Å². The van der Waals surface area contributed by atoms with Crippen LogP contribution in [-0.2, 0) is 0 Å². The van der Waals surface area contributed by atoms with Gasteiger partial charge in [-0.1, -0.05) is 11.6 Å². The molecule has 0 radical (unpaired) electrons. The van der Waals surface area contributed by atoms with Gasteiger partial charge in [0.1, 0.15) is 0 Å². The van der Waals surface area contributed by atoms with Crippen molar-refractivity contribution in [3.63, 3.8) is 0 Å². The van der Waals surface area contributed by atoms with Gasteiger partial charge >= 0.3 is 0 Å². The molecule has 1 aromatic carbocycles. The fourth-order valence-electron chi connectivity index (χ4n) is 1.33. The van der Waals surface area contributed by atoms with Crippen LogP contribution in [0.15, 0.2) is 24.4 Å². The van der Waals surface area contributed by atoms with E-state index in [-0.39, 0.29) is 0 Å². The van der Waals surface area contributed by atoms with E-state index in [4.69, 9.17) is 22.1 Å². The van der Waals surface area contributed by atoms with Crippen molar-refractivity contribution in [2.24, 2.45) is 0 Å². The van der Waals surface area contributed by atoms with E-state index in [1.54, 1.807) is 24.4 Å². The first-order valence-corrected chi connectivity index (χ1v) is 5.47. The van der Waals surface area contributed by atoms with E-state index in [1.807, 2.05) is 13.8 Å². The predicted octanol–water partition coefficient (Wildman–Crippen LogP) is 3.12. The van der Waals surface area contributed by atoms with Gasteiger partial charge in [0, 0.05) is 11.2 Å². The van der Waals surface area contributed by atoms with Gasteiger partial charge in [0.2, 0.25) is 5.88 Å². The zero-order valence-corrected chi connectivity index (χ0v) is 10.3. The van der Waals surface area contributed by atoms with Crippen molar-refractivity contribution < 1.29 is 4.74 Å². The van der Waals surface area contributed by atoms with Gasteiger partial charge in [0.25, 0.3) is 0 Å². The van der Waals surface area contributed by atoms with Crippen molar-refractivity contribution in [1.29, 1.82) is 0 Å². The normalized spacial score (nSPS) is 10.3. The SMILES string of the molecule is Cc1cnc(C)c(Oc2ccc(Cl)cc2N)n1. The van der Waals surface area contributed by atoms with Crippen LogP contribution in [0.3, 0.4) is 0 Å². The summed E-state index contributed by atoms with van der Waals surface area (Å²) in [5.41, 5.74) is 7.77. The number of aryl methyl sites for hydroxylation is 2. The van der Waals surface area contributed by atoms with Crippen LogP contribution in [0.4, 0.5) is 5.69 Å². The van der Waals surface area contributed by atoms with Crippen LogP contribution in [0.25, 0.3) is 0 Å². The van der Waals surface area contributed by atoms with E-state index in [2.05, 4.69) is 9.97 Å². The topological polar surface area (TPSA) is 61.0 Å². The largest absolute Gasteiger partial charge is 0.435 e. The molecule has 0 unspecified atom stereocenters. The lowest BCUT2D eigenvalue weighted by molar-refractivity contribution is 0.456. The Morgan fingerprint density at radius 3 is 2.76 bits per heavy atom. The molecule has 4 nitrogen and oxygen atoms in total. The molecule has 2 rings (SSSR count). The minimum absolute atomic E-state index is 0.457. The Morgan fingerprint density at radius 2 is 2.06 bits per heavy atom. The van der Waals surface area contributed by atoms with Gasteiger partial charge in [-0.05, 0) is 32.0 Å². The molecule has 0 bridgehead atoms. The van der Waals surface area contributed by atoms with Crippen LogP contribution in [0.5, 0.6) is 11.6 Å². The van der Waals surface area contributed by atoms with Crippen molar-refractivity contribution in [2.75, 3.05) is 5.73 Å². The molecule has 0 aliphatic rings. The van der Waals surface area contributed by atoms with E-state index in [9.17, 15) is 0 Å². The molecule has 0 saturated carbocycles. The molecule has 0 fully saturated rings.